The van der Waals surface area contributed by atoms with Crippen molar-refractivity contribution < 1.29 is 4.79 Å². The number of carbonyl (C=O) groups is 1. The summed E-state index contributed by atoms with van der Waals surface area (Å²) in [6, 6.07) is 6.08. The molecule has 0 spiro atoms. The van der Waals surface area contributed by atoms with Crippen LogP contribution in [-0.2, 0) is 10.3 Å². The third kappa shape index (κ3) is 1.59. The predicted octanol–water partition coefficient (Wildman–Crippen LogP) is 1.52. The number of aryl methyl sites for hydroxylation is 2. The van der Waals surface area contributed by atoms with E-state index in [1.54, 1.807) is 0 Å². The van der Waals surface area contributed by atoms with E-state index in [1.165, 1.54) is 0 Å². The molecule has 1 amide bonds. The standard InChI is InChI=1S/C12H14N2OS/c1-7-4-5-8(2)9(6-7)12(3)10(15)13-11(16)14-12/h4-6H,1-3H3,(H2,13,14,15,16). The van der Waals surface area contributed by atoms with Crippen molar-refractivity contribution in [3.63, 3.8) is 0 Å². The topological polar surface area (TPSA) is 41.1 Å². The number of carbonyl (C=O) groups excluding carboxylic acids is 1. The van der Waals surface area contributed by atoms with Crippen LogP contribution >= 0.6 is 12.2 Å². The molecule has 1 aromatic carbocycles. The van der Waals surface area contributed by atoms with Crippen LogP contribution in [0.4, 0.5) is 0 Å². The normalized spacial score (nSPS) is 24.2. The fraction of sp³-hybridized carbons (Fsp3) is 0.333. The fourth-order valence-electron chi connectivity index (χ4n) is 2.01. The molecule has 1 aliphatic heterocycles. The lowest BCUT2D eigenvalue weighted by Crippen LogP contribution is -2.41. The Morgan fingerprint density at radius 1 is 1.31 bits per heavy atom. The summed E-state index contributed by atoms with van der Waals surface area (Å²) in [4.78, 5) is 11.9. The van der Waals surface area contributed by atoms with Crippen molar-refractivity contribution in [2.45, 2.75) is 26.3 Å². The minimum Gasteiger partial charge on any atom is -0.345 e. The van der Waals surface area contributed by atoms with E-state index < -0.39 is 5.54 Å². The highest BCUT2D eigenvalue weighted by Gasteiger charge is 2.42. The second kappa shape index (κ2) is 3.56. The van der Waals surface area contributed by atoms with Crippen LogP contribution in [-0.4, -0.2) is 11.0 Å². The quantitative estimate of drug-likeness (QED) is 0.724. The number of benzene rings is 1. The van der Waals surface area contributed by atoms with Crippen molar-refractivity contribution in [2.75, 3.05) is 0 Å². The summed E-state index contributed by atoms with van der Waals surface area (Å²) >= 11 is 4.98. The number of thiocarbonyl (C=S) groups is 1. The van der Waals surface area contributed by atoms with Gasteiger partial charge in [0.2, 0.25) is 0 Å². The third-order valence-corrected chi connectivity index (χ3v) is 3.18. The molecule has 2 N–H and O–H groups in total. The summed E-state index contributed by atoms with van der Waals surface area (Å²) < 4.78 is 0. The van der Waals surface area contributed by atoms with Crippen molar-refractivity contribution in [3.8, 4) is 0 Å². The fourth-order valence-corrected chi connectivity index (χ4v) is 2.30. The van der Waals surface area contributed by atoms with Crippen LogP contribution in [0.5, 0.6) is 0 Å². The van der Waals surface area contributed by atoms with E-state index in [1.807, 2.05) is 39.0 Å². The molecule has 0 bridgehead atoms. The van der Waals surface area contributed by atoms with Gasteiger partial charge in [-0.2, -0.15) is 0 Å². The summed E-state index contributed by atoms with van der Waals surface area (Å²) in [6.07, 6.45) is 0. The first-order chi connectivity index (χ1) is 7.43. The Morgan fingerprint density at radius 2 is 2.00 bits per heavy atom. The highest BCUT2D eigenvalue weighted by molar-refractivity contribution is 7.80. The lowest BCUT2D eigenvalue weighted by atomic mass is 9.88. The first-order valence-corrected chi connectivity index (χ1v) is 5.55. The molecular formula is C12H14N2OS. The van der Waals surface area contributed by atoms with Gasteiger partial charge in [-0.15, -0.1) is 0 Å². The van der Waals surface area contributed by atoms with Gasteiger partial charge in [0.15, 0.2) is 5.11 Å². The second-order valence-electron chi connectivity index (χ2n) is 4.35. The van der Waals surface area contributed by atoms with E-state index in [9.17, 15) is 4.79 Å². The van der Waals surface area contributed by atoms with Crippen LogP contribution in [0.15, 0.2) is 18.2 Å². The lowest BCUT2D eigenvalue weighted by molar-refractivity contribution is -0.123. The van der Waals surface area contributed by atoms with E-state index in [0.29, 0.717) is 5.11 Å². The molecule has 0 aromatic heterocycles. The van der Waals surface area contributed by atoms with Crippen LogP contribution in [0.2, 0.25) is 0 Å². The van der Waals surface area contributed by atoms with Gasteiger partial charge in [0.1, 0.15) is 5.54 Å². The van der Waals surface area contributed by atoms with E-state index in [-0.39, 0.29) is 5.91 Å². The average Bonchev–Trinajstić information content (AvgIpc) is 2.46. The summed E-state index contributed by atoms with van der Waals surface area (Å²) in [6.45, 7) is 5.86. The SMILES string of the molecule is Cc1ccc(C)c(C2(C)NC(=S)NC2=O)c1. The van der Waals surface area contributed by atoms with Crippen molar-refractivity contribution in [1.29, 1.82) is 0 Å². The van der Waals surface area contributed by atoms with E-state index >= 15 is 0 Å². The Morgan fingerprint density at radius 3 is 2.56 bits per heavy atom. The van der Waals surface area contributed by atoms with Crippen LogP contribution in [0.1, 0.15) is 23.6 Å². The zero-order valence-corrected chi connectivity index (χ0v) is 10.4. The smallest absolute Gasteiger partial charge is 0.256 e. The van der Waals surface area contributed by atoms with Crippen molar-refractivity contribution in [3.05, 3.63) is 34.9 Å². The maximum absolute atomic E-state index is 11.9. The zero-order valence-electron chi connectivity index (χ0n) is 9.55. The van der Waals surface area contributed by atoms with Gasteiger partial charge in [-0.05, 0) is 44.1 Å². The summed E-state index contributed by atoms with van der Waals surface area (Å²) in [5.41, 5.74) is 2.45. The zero-order chi connectivity index (χ0) is 11.9. The Balaban J connectivity index is 2.55. The molecule has 1 fully saturated rings. The lowest BCUT2D eigenvalue weighted by Gasteiger charge is -2.24. The molecule has 1 aliphatic rings. The number of nitrogens with one attached hydrogen (secondary N) is 2. The Labute approximate surface area is 100 Å². The largest absolute Gasteiger partial charge is 0.345 e. The molecule has 84 valence electrons. The number of rotatable bonds is 1. The first kappa shape index (κ1) is 11.1. The van der Waals surface area contributed by atoms with Gasteiger partial charge in [-0.3, -0.25) is 4.79 Å². The van der Waals surface area contributed by atoms with E-state index in [0.717, 1.165) is 16.7 Å². The van der Waals surface area contributed by atoms with Gasteiger partial charge in [0.25, 0.3) is 5.91 Å². The van der Waals surface area contributed by atoms with Gasteiger partial charge in [0, 0.05) is 0 Å². The van der Waals surface area contributed by atoms with Crippen molar-refractivity contribution in [1.82, 2.24) is 10.6 Å². The van der Waals surface area contributed by atoms with E-state index in [2.05, 4.69) is 10.6 Å². The molecule has 3 nitrogen and oxygen atoms in total. The molecule has 1 saturated heterocycles. The monoisotopic (exact) mass is 234 g/mol. The molecule has 16 heavy (non-hydrogen) atoms. The molecule has 0 radical (unpaired) electrons. The maximum Gasteiger partial charge on any atom is 0.256 e. The highest BCUT2D eigenvalue weighted by atomic mass is 32.1. The number of hydrogen-bond acceptors (Lipinski definition) is 2. The molecule has 1 heterocycles. The number of amides is 1. The van der Waals surface area contributed by atoms with Gasteiger partial charge < -0.3 is 10.6 Å². The van der Waals surface area contributed by atoms with Gasteiger partial charge in [-0.25, -0.2) is 0 Å². The van der Waals surface area contributed by atoms with E-state index in [4.69, 9.17) is 12.2 Å². The highest BCUT2D eigenvalue weighted by Crippen LogP contribution is 2.27. The Kier molecular flexibility index (Phi) is 2.46. The molecule has 0 aliphatic carbocycles. The van der Waals surface area contributed by atoms with Crippen molar-refractivity contribution in [2.24, 2.45) is 0 Å². The summed E-state index contributed by atoms with van der Waals surface area (Å²) in [7, 11) is 0. The molecule has 1 aromatic rings. The van der Waals surface area contributed by atoms with Crippen molar-refractivity contribution >= 4 is 23.2 Å². The molecular weight excluding hydrogens is 220 g/mol. The molecule has 0 saturated carbocycles. The van der Waals surface area contributed by atoms with Crippen LogP contribution in [0.25, 0.3) is 0 Å². The predicted molar refractivity (Wildman–Crippen MR) is 67.1 cm³/mol. The molecule has 2 rings (SSSR count). The molecule has 4 heteroatoms. The Bertz CT molecular complexity index is 484. The van der Waals surface area contributed by atoms with Gasteiger partial charge in [0.05, 0.1) is 0 Å². The van der Waals surface area contributed by atoms with Gasteiger partial charge in [-0.1, -0.05) is 23.8 Å². The Hall–Kier alpha value is -1.42. The molecule has 1 atom stereocenters. The molecule has 1 unspecified atom stereocenters. The van der Waals surface area contributed by atoms with Gasteiger partial charge >= 0.3 is 0 Å². The summed E-state index contributed by atoms with van der Waals surface area (Å²) in [5, 5.41) is 6.07. The van der Waals surface area contributed by atoms with Crippen LogP contribution in [0, 0.1) is 13.8 Å². The van der Waals surface area contributed by atoms with Crippen LogP contribution < -0.4 is 10.6 Å². The first-order valence-electron chi connectivity index (χ1n) is 5.15. The summed E-state index contributed by atoms with van der Waals surface area (Å²) in [5.74, 6) is -0.0915. The second-order valence-corrected chi connectivity index (χ2v) is 4.76. The minimum absolute atomic E-state index is 0.0915. The average molecular weight is 234 g/mol. The maximum atomic E-state index is 11.9. The third-order valence-electron chi connectivity index (χ3n) is 2.98. The minimum atomic E-state index is -0.743. The number of hydrogen-bond donors (Lipinski definition) is 2. The van der Waals surface area contributed by atoms with Crippen LogP contribution in [0.3, 0.4) is 0 Å².